The second-order valence-corrected chi connectivity index (χ2v) is 13.7. The standard InChI is InChI=1S/C40H49NO19/c1-21(42)50-19-29-32(33(53-22(2)43)35(55-24(4)45)38(57-29)49-17-16-41-40(47)52-18-26-10-8-7-9-11-26)60-39-36(56-25(5)46)34(54-23(3)44)31-30(58-39)20-51-37(59-31)27-12-14-28(48-6)15-13-27/h7-15,29-39H,16-20H2,1-6H3,(H,41,47)/t29-,30-,31+,32-,33+,34+,35-,36-,37?,38-,39+/m1/s1. The molecule has 1 N–H and O–H groups in total. The van der Waals surface area contributed by atoms with E-state index in [2.05, 4.69) is 5.32 Å². The molecule has 0 aliphatic carbocycles. The zero-order chi connectivity index (χ0) is 43.3. The van der Waals surface area contributed by atoms with Gasteiger partial charge in [-0.3, -0.25) is 24.0 Å². The molecule has 3 fully saturated rings. The van der Waals surface area contributed by atoms with Gasteiger partial charge in [-0.1, -0.05) is 42.5 Å². The number of hydrogen-bond donors (Lipinski definition) is 1. The predicted molar refractivity (Wildman–Crippen MR) is 198 cm³/mol. The first-order valence-electron chi connectivity index (χ1n) is 19.0. The van der Waals surface area contributed by atoms with Crippen LogP contribution in [-0.4, -0.2) is 131 Å². The van der Waals surface area contributed by atoms with E-state index >= 15 is 0 Å². The zero-order valence-electron chi connectivity index (χ0n) is 33.8. The molecule has 3 aliphatic rings. The molecule has 2 aromatic rings. The van der Waals surface area contributed by atoms with Gasteiger partial charge in [0.25, 0.3) is 0 Å². The van der Waals surface area contributed by atoms with Crippen molar-refractivity contribution in [2.45, 2.75) is 109 Å². The lowest BCUT2D eigenvalue weighted by atomic mass is 9.95. The lowest BCUT2D eigenvalue weighted by molar-refractivity contribution is -0.386. The van der Waals surface area contributed by atoms with Crippen LogP contribution in [0.15, 0.2) is 54.6 Å². The number of esters is 5. The number of hydrogen-bond acceptors (Lipinski definition) is 19. The Balaban J connectivity index is 1.39. The second-order valence-electron chi connectivity index (χ2n) is 13.7. The minimum atomic E-state index is -1.63. The normalized spacial score (nSPS) is 28.5. The number of fused-ring (bicyclic) bond motifs is 1. The molecule has 5 rings (SSSR count). The quantitative estimate of drug-likeness (QED) is 0.145. The third-order valence-electron chi connectivity index (χ3n) is 9.08. The first-order valence-corrected chi connectivity index (χ1v) is 19.0. The zero-order valence-corrected chi connectivity index (χ0v) is 33.8. The summed E-state index contributed by atoms with van der Waals surface area (Å²) in [6.07, 6.45) is -15.7. The number of benzene rings is 2. The first kappa shape index (κ1) is 45.7. The summed E-state index contributed by atoms with van der Waals surface area (Å²) in [4.78, 5) is 74.8. The highest BCUT2D eigenvalue weighted by Crippen LogP contribution is 2.39. The Hall–Kier alpha value is -5.38. The summed E-state index contributed by atoms with van der Waals surface area (Å²) in [5.41, 5.74) is 1.37. The summed E-state index contributed by atoms with van der Waals surface area (Å²) in [7, 11) is 1.52. The summed E-state index contributed by atoms with van der Waals surface area (Å²) < 4.78 is 75.5. The average molecular weight is 848 g/mol. The van der Waals surface area contributed by atoms with Gasteiger partial charge in [0.05, 0.1) is 20.3 Å². The van der Waals surface area contributed by atoms with Crippen LogP contribution < -0.4 is 10.1 Å². The molecule has 0 aromatic heterocycles. The molecule has 20 nitrogen and oxygen atoms in total. The summed E-state index contributed by atoms with van der Waals surface area (Å²) in [6.45, 7) is 4.65. The summed E-state index contributed by atoms with van der Waals surface area (Å²) in [6, 6.07) is 15.9. The predicted octanol–water partition coefficient (Wildman–Crippen LogP) is 2.18. The third-order valence-corrected chi connectivity index (χ3v) is 9.08. The van der Waals surface area contributed by atoms with Crippen LogP contribution in [0.1, 0.15) is 52.0 Å². The number of alkyl carbamates (subject to hydrolysis) is 1. The van der Waals surface area contributed by atoms with Crippen LogP contribution in [0.3, 0.4) is 0 Å². The molecule has 3 aliphatic heterocycles. The van der Waals surface area contributed by atoms with E-state index in [0.717, 1.165) is 40.2 Å². The maximum atomic E-state index is 12.7. The van der Waals surface area contributed by atoms with Crippen LogP contribution in [0.2, 0.25) is 0 Å². The Morgan fingerprint density at radius 3 is 1.90 bits per heavy atom. The highest BCUT2D eigenvalue weighted by Gasteiger charge is 2.58. The van der Waals surface area contributed by atoms with E-state index in [1.165, 1.54) is 7.11 Å². The molecule has 1 unspecified atom stereocenters. The average Bonchev–Trinajstić information content (AvgIpc) is 3.20. The van der Waals surface area contributed by atoms with E-state index in [4.69, 9.17) is 61.6 Å². The molecule has 3 heterocycles. The van der Waals surface area contributed by atoms with Gasteiger partial charge in [-0.2, -0.15) is 0 Å². The number of methoxy groups -OCH3 is 1. The number of amides is 1. The highest BCUT2D eigenvalue weighted by molar-refractivity contribution is 5.69. The van der Waals surface area contributed by atoms with Gasteiger partial charge in [-0.15, -0.1) is 0 Å². The number of rotatable bonds is 16. The topological polar surface area (TPSA) is 234 Å². The minimum absolute atomic E-state index is 0.0212. The molecule has 11 atom stereocenters. The van der Waals surface area contributed by atoms with Crippen molar-refractivity contribution in [2.75, 3.05) is 33.5 Å². The van der Waals surface area contributed by atoms with Crippen molar-refractivity contribution in [3.05, 3.63) is 65.7 Å². The molecule has 0 spiro atoms. The molecule has 0 bridgehead atoms. The molecular weight excluding hydrogens is 798 g/mol. The Kier molecular flexibility index (Phi) is 16.6. The largest absolute Gasteiger partial charge is 0.497 e. The Morgan fingerprint density at radius 1 is 0.667 bits per heavy atom. The molecule has 20 heteroatoms. The van der Waals surface area contributed by atoms with Crippen LogP contribution in [0.25, 0.3) is 0 Å². The van der Waals surface area contributed by atoms with Crippen LogP contribution in [0.4, 0.5) is 4.79 Å². The molecular formula is C40H49NO19. The first-order chi connectivity index (χ1) is 28.7. The summed E-state index contributed by atoms with van der Waals surface area (Å²) in [5.74, 6) is -3.38. The summed E-state index contributed by atoms with van der Waals surface area (Å²) >= 11 is 0. The van der Waals surface area contributed by atoms with Crippen LogP contribution in [0.5, 0.6) is 5.75 Å². The van der Waals surface area contributed by atoms with Gasteiger partial charge in [0.2, 0.25) is 0 Å². The molecule has 328 valence electrons. The van der Waals surface area contributed by atoms with Crippen LogP contribution in [-0.2, 0) is 87.4 Å². The van der Waals surface area contributed by atoms with Gasteiger partial charge in [0.1, 0.15) is 43.4 Å². The fourth-order valence-corrected chi connectivity index (χ4v) is 6.64. The molecule has 2 aromatic carbocycles. The molecule has 0 radical (unpaired) electrons. The van der Waals surface area contributed by atoms with Crippen LogP contribution >= 0.6 is 0 Å². The third kappa shape index (κ3) is 12.8. The fourth-order valence-electron chi connectivity index (χ4n) is 6.64. The van der Waals surface area contributed by atoms with Crippen molar-refractivity contribution >= 4 is 35.9 Å². The van der Waals surface area contributed by atoms with Gasteiger partial charge < -0.3 is 66.9 Å². The van der Waals surface area contributed by atoms with Gasteiger partial charge in [0.15, 0.2) is 43.3 Å². The Morgan fingerprint density at radius 2 is 1.28 bits per heavy atom. The van der Waals surface area contributed by atoms with Crippen molar-refractivity contribution < 1.29 is 90.3 Å². The van der Waals surface area contributed by atoms with E-state index in [1.54, 1.807) is 48.5 Å². The lowest BCUT2D eigenvalue weighted by Gasteiger charge is -2.50. The van der Waals surface area contributed by atoms with E-state index in [0.29, 0.717) is 11.3 Å². The van der Waals surface area contributed by atoms with Gasteiger partial charge in [0, 0.05) is 46.7 Å². The molecule has 0 saturated carbocycles. The smallest absolute Gasteiger partial charge is 0.407 e. The maximum Gasteiger partial charge on any atom is 0.407 e. The van der Waals surface area contributed by atoms with Gasteiger partial charge in [-0.05, 0) is 17.7 Å². The second kappa shape index (κ2) is 21.7. The van der Waals surface area contributed by atoms with E-state index in [-0.39, 0.29) is 26.4 Å². The molecule has 60 heavy (non-hydrogen) atoms. The number of nitrogens with one attached hydrogen (secondary N) is 1. The van der Waals surface area contributed by atoms with Crippen molar-refractivity contribution in [1.29, 1.82) is 0 Å². The van der Waals surface area contributed by atoms with Crippen molar-refractivity contribution in [3.8, 4) is 5.75 Å². The van der Waals surface area contributed by atoms with Gasteiger partial charge >= 0.3 is 35.9 Å². The van der Waals surface area contributed by atoms with Crippen molar-refractivity contribution in [2.24, 2.45) is 0 Å². The molecule has 3 saturated heterocycles. The Labute approximate surface area is 345 Å². The van der Waals surface area contributed by atoms with Crippen molar-refractivity contribution in [3.63, 3.8) is 0 Å². The molecule has 1 amide bonds. The van der Waals surface area contributed by atoms with E-state index < -0.39 is 110 Å². The number of carbonyl (C=O) groups excluding carboxylic acids is 6. The van der Waals surface area contributed by atoms with Gasteiger partial charge in [-0.25, -0.2) is 4.79 Å². The number of ether oxygens (including phenoxy) is 13. The fraction of sp³-hybridized carbons (Fsp3) is 0.550. The highest BCUT2D eigenvalue weighted by atomic mass is 16.8. The SMILES string of the molecule is COc1ccc(C2OC[C@H]3O[C@@H](O[C@H]4[C@H](OC(C)=O)[C@@H](OC(C)=O)[C@H](OCCNC(=O)OCc5ccccc5)O[C@@H]4COC(C)=O)[C@H](OC(C)=O)[C@@H](OC(C)=O)[C@H]3O2)cc1. The minimum Gasteiger partial charge on any atom is -0.497 e. The summed E-state index contributed by atoms with van der Waals surface area (Å²) in [5, 5.41) is 2.53. The van der Waals surface area contributed by atoms with E-state index in [9.17, 15) is 28.8 Å². The lowest BCUT2D eigenvalue weighted by Crippen LogP contribution is -2.68. The maximum absolute atomic E-state index is 12.7. The van der Waals surface area contributed by atoms with E-state index in [1.807, 2.05) is 6.07 Å². The number of carbonyl (C=O) groups is 6. The monoisotopic (exact) mass is 847 g/mol. The van der Waals surface area contributed by atoms with Crippen molar-refractivity contribution in [1.82, 2.24) is 5.32 Å². The van der Waals surface area contributed by atoms with Crippen LogP contribution in [0, 0.1) is 0 Å². The Bertz CT molecular complexity index is 1780.